The molecule has 0 bridgehead atoms. The van der Waals surface area contributed by atoms with E-state index in [1.807, 2.05) is 19.1 Å². The zero-order chi connectivity index (χ0) is 10.2. The highest BCUT2D eigenvalue weighted by molar-refractivity contribution is 5.02. The van der Waals surface area contributed by atoms with Crippen molar-refractivity contribution in [2.24, 2.45) is 0 Å². The molecule has 1 N–H and O–H groups in total. The summed E-state index contributed by atoms with van der Waals surface area (Å²) < 4.78 is 10.5. The van der Waals surface area contributed by atoms with E-state index < -0.39 is 0 Å². The van der Waals surface area contributed by atoms with Crippen molar-refractivity contribution in [1.29, 1.82) is 0 Å². The Morgan fingerprint density at radius 3 is 3.07 bits per heavy atom. The molecule has 0 spiro atoms. The van der Waals surface area contributed by atoms with Crippen LogP contribution in [-0.2, 0) is 4.74 Å². The fourth-order valence-electron chi connectivity index (χ4n) is 1.28. The van der Waals surface area contributed by atoms with Gasteiger partial charge in [0.25, 0.3) is 0 Å². The minimum atomic E-state index is 0.284. The van der Waals surface area contributed by atoms with Gasteiger partial charge in [0.05, 0.1) is 12.3 Å². The Morgan fingerprint density at radius 1 is 1.57 bits per heavy atom. The number of ether oxygens (including phenoxy) is 1. The van der Waals surface area contributed by atoms with Crippen LogP contribution in [0.3, 0.4) is 0 Å². The molecular weight excluding hydrogens is 178 g/mol. The predicted molar refractivity (Wildman–Crippen MR) is 56.2 cm³/mol. The molecule has 1 aromatic rings. The Labute approximate surface area is 85.4 Å². The van der Waals surface area contributed by atoms with Gasteiger partial charge in [0.15, 0.2) is 0 Å². The smallest absolute Gasteiger partial charge is 0.120 e. The van der Waals surface area contributed by atoms with Crippen molar-refractivity contribution in [1.82, 2.24) is 5.32 Å². The summed E-state index contributed by atoms with van der Waals surface area (Å²) in [6.07, 6.45) is 2.74. The van der Waals surface area contributed by atoms with Crippen LogP contribution in [0.4, 0.5) is 0 Å². The van der Waals surface area contributed by atoms with E-state index in [0.29, 0.717) is 0 Å². The molecule has 0 fully saturated rings. The molecule has 0 amide bonds. The second kappa shape index (κ2) is 6.62. The molecule has 0 aliphatic carbocycles. The van der Waals surface area contributed by atoms with Crippen LogP contribution in [-0.4, -0.2) is 19.8 Å². The van der Waals surface area contributed by atoms with Gasteiger partial charge >= 0.3 is 0 Å². The van der Waals surface area contributed by atoms with Crippen molar-refractivity contribution >= 4 is 0 Å². The summed E-state index contributed by atoms with van der Waals surface area (Å²) >= 11 is 0. The van der Waals surface area contributed by atoms with Crippen LogP contribution in [0.2, 0.25) is 0 Å². The predicted octanol–water partition coefficient (Wildman–Crippen LogP) is 2.36. The second-order valence-corrected chi connectivity index (χ2v) is 3.24. The van der Waals surface area contributed by atoms with Gasteiger partial charge < -0.3 is 14.5 Å². The van der Waals surface area contributed by atoms with Gasteiger partial charge in [-0.25, -0.2) is 0 Å². The maximum absolute atomic E-state index is 5.28. The third-order valence-corrected chi connectivity index (χ3v) is 2.09. The van der Waals surface area contributed by atoms with Crippen LogP contribution in [0.5, 0.6) is 0 Å². The van der Waals surface area contributed by atoms with Crippen LogP contribution in [0, 0.1) is 0 Å². The zero-order valence-corrected chi connectivity index (χ0v) is 8.95. The van der Waals surface area contributed by atoms with E-state index in [0.717, 1.165) is 31.9 Å². The van der Waals surface area contributed by atoms with E-state index in [-0.39, 0.29) is 6.04 Å². The summed E-state index contributed by atoms with van der Waals surface area (Å²) in [5.74, 6) is 0.987. The van der Waals surface area contributed by atoms with Gasteiger partial charge in [0, 0.05) is 13.2 Å². The van der Waals surface area contributed by atoms with E-state index >= 15 is 0 Å². The zero-order valence-electron chi connectivity index (χ0n) is 8.95. The molecule has 0 saturated carbocycles. The summed E-state index contributed by atoms with van der Waals surface area (Å²) in [6.45, 7) is 6.70. The summed E-state index contributed by atoms with van der Waals surface area (Å²) in [7, 11) is 0. The maximum Gasteiger partial charge on any atom is 0.120 e. The Morgan fingerprint density at radius 2 is 2.43 bits per heavy atom. The Balaban J connectivity index is 2.07. The molecule has 3 nitrogen and oxygen atoms in total. The van der Waals surface area contributed by atoms with E-state index in [1.165, 1.54) is 0 Å². The third kappa shape index (κ3) is 3.94. The lowest BCUT2D eigenvalue weighted by molar-refractivity contribution is 0.144. The molecule has 0 aliphatic rings. The lowest BCUT2D eigenvalue weighted by Gasteiger charge is -2.10. The van der Waals surface area contributed by atoms with Crippen molar-refractivity contribution in [3.05, 3.63) is 24.2 Å². The topological polar surface area (TPSA) is 34.4 Å². The molecule has 80 valence electrons. The fraction of sp³-hybridized carbons (Fsp3) is 0.636. The lowest BCUT2D eigenvalue weighted by Crippen LogP contribution is -2.20. The molecule has 1 atom stereocenters. The summed E-state index contributed by atoms with van der Waals surface area (Å²) in [4.78, 5) is 0. The van der Waals surface area contributed by atoms with Crippen molar-refractivity contribution in [3.63, 3.8) is 0 Å². The van der Waals surface area contributed by atoms with E-state index in [1.54, 1.807) is 6.26 Å². The minimum absolute atomic E-state index is 0.284. The van der Waals surface area contributed by atoms with Crippen LogP contribution < -0.4 is 5.32 Å². The number of furan rings is 1. The van der Waals surface area contributed by atoms with Crippen molar-refractivity contribution in [3.8, 4) is 0 Å². The van der Waals surface area contributed by atoms with Crippen LogP contribution in [0.25, 0.3) is 0 Å². The van der Waals surface area contributed by atoms with Gasteiger partial charge in [-0.05, 0) is 38.9 Å². The highest BCUT2D eigenvalue weighted by atomic mass is 16.5. The Hall–Kier alpha value is -0.800. The molecule has 1 rings (SSSR count). The first kappa shape index (κ1) is 11.3. The molecule has 0 radical (unpaired) electrons. The molecule has 14 heavy (non-hydrogen) atoms. The summed E-state index contributed by atoms with van der Waals surface area (Å²) in [5.41, 5.74) is 0. The molecule has 0 aromatic carbocycles. The highest BCUT2D eigenvalue weighted by Crippen LogP contribution is 2.11. The van der Waals surface area contributed by atoms with Gasteiger partial charge in [0.1, 0.15) is 5.76 Å². The van der Waals surface area contributed by atoms with Crippen LogP contribution >= 0.6 is 0 Å². The van der Waals surface area contributed by atoms with Gasteiger partial charge in [-0.2, -0.15) is 0 Å². The van der Waals surface area contributed by atoms with Crippen molar-refractivity contribution in [2.45, 2.75) is 26.3 Å². The van der Waals surface area contributed by atoms with Gasteiger partial charge in [-0.3, -0.25) is 0 Å². The van der Waals surface area contributed by atoms with Crippen LogP contribution in [0.15, 0.2) is 22.8 Å². The van der Waals surface area contributed by atoms with Crippen LogP contribution in [0.1, 0.15) is 32.1 Å². The van der Waals surface area contributed by atoms with E-state index in [9.17, 15) is 0 Å². The number of nitrogens with one attached hydrogen (secondary N) is 1. The first-order valence-electron chi connectivity index (χ1n) is 5.19. The first-order valence-corrected chi connectivity index (χ1v) is 5.19. The largest absolute Gasteiger partial charge is 0.468 e. The molecule has 0 aliphatic heterocycles. The minimum Gasteiger partial charge on any atom is -0.468 e. The Bertz CT molecular complexity index is 221. The highest BCUT2D eigenvalue weighted by Gasteiger charge is 2.05. The normalized spacial score (nSPS) is 13.0. The summed E-state index contributed by atoms with van der Waals surface area (Å²) in [6, 6.07) is 4.18. The molecule has 1 heterocycles. The van der Waals surface area contributed by atoms with Crippen molar-refractivity contribution < 1.29 is 9.15 Å². The van der Waals surface area contributed by atoms with Gasteiger partial charge in [-0.1, -0.05) is 0 Å². The molecule has 3 heteroatoms. The molecule has 1 aromatic heterocycles. The average Bonchev–Trinajstić information content (AvgIpc) is 2.70. The summed E-state index contributed by atoms with van der Waals surface area (Å²) in [5, 5.41) is 3.37. The molecular formula is C11H19NO2. The quantitative estimate of drug-likeness (QED) is 0.681. The Kier molecular flexibility index (Phi) is 5.33. The monoisotopic (exact) mass is 197 g/mol. The molecule has 0 saturated heterocycles. The SMILES string of the molecule is CCOCCCN[C@@H](C)c1ccco1. The van der Waals surface area contributed by atoms with Gasteiger partial charge in [0.2, 0.25) is 0 Å². The van der Waals surface area contributed by atoms with E-state index in [2.05, 4.69) is 12.2 Å². The first-order chi connectivity index (χ1) is 6.84. The van der Waals surface area contributed by atoms with Gasteiger partial charge in [-0.15, -0.1) is 0 Å². The van der Waals surface area contributed by atoms with E-state index in [4.69, 9.17) is 9.15 Å². The number of rotatable bonds is 7. The fourth-order valence-corrected chi connectivity index (χ4v) is 1.28. The third-order valence-electron chi connectivity index (χ3n) is 2.09. The molecule has 0 unspecified atom stereocenters. The standard InChI is InChI=1S/C11H19NO2/c1-3-13-8-5-7-12-10(2)11-6-4-9-14-11/h4,6,9-10,12H,3,5,7-8H2,1-2H3/t10-/m0/s1. The van der Waals surface area contributed by atoms with Crippen molar-refractivity contribution in [2.75, 3.05) is 19.8 Å². The number of hydrogen-bond donors (Lipinski definition) is 1. The maximum atomic E-state index is 5.28. The number of hydrogen-bond acceptors (Lipinski definition) is 3. The second-order valence-electron chi connectivity index (χ2n) is 3.24. The average molecular weight is 197 g/mol. The lowest BCUT2D eigenvalue weighted by atomic mass is 10.2.